The molecule has 1 amide bonds. The Morgan fingerprint density at radius 2 is 1.89 bits per heavy atom. The molecule has 0 aromatic heterocycles. The molecule has 0 bridgehead atoms. The van der Waals surface area contributed by atoms with Crippen LogP contribution in [0.15, 0.2) is 23.1 Å². The summed E-state index contributed by atoms with van der Waals surface area (Å²) in [6.45, 7) is 11.3. The van der Waals surface area contributed by atoms with Crippen LogP contribution in [0.3, 0.4) is 0 Å². The molecule has 1 heterocycles. The van der Waals surface area contributed by atoms with Crippen molar-refractivity contribution in [2.75, 3.05) is 26.2 Å². The van der Waals surface area contributed by atoms with Crippen molar-refractivity contribution in [3.63, 3.8) is 0 Å². The molecule has 158 valence electrons. The average molecular weight is 430 g/mol. The van der Waals surface area contributed by atoms with Crippen molar-refractivity contribution in [3.8, 4) is 0 Å². The first-order valence-corrected chi connectivity index (χ1v) is 11.7. The van der Waals surface area contributed by atoms with E-state index in [1.54, 1.807) is 26.8 Å². The zero-order valence-electron chi connectivity index (χ0n) is 17.2. The highest BCUT2D eigenvalue weighted by molar-refractivity contribution is 7.89. The van der Waals surface area contributed by atoms with E-state index in [1.807, 2.05) is 0 Å². The van der Waals surface area contributed by atoms with Gasteiger partial charge >= 0.3 is 0 Å². The van der Waals surface area contributed by atoms with Crippen molar-refractivity contribution >= 4 is 27.5 Å². The third-order valence-corrected chi connectivity index (χ3v) is 6.98. The smallest absolute Gasteiger partial charge is 0.251 e. The SMILES string of the molecule is CC1CCN(CCCNC(=O)c2ccc(Cl)c(S(=O)(=O)NC(C)(C)C)c2)CC1. The molecule has 1 aromatic rings. The summed E-state index contributed by atoms with van der Waals surface area (Å²) >= 11 is 6.08. The van der Waals surface area contributed by atoms with Crippen molar-refractivity contribution in [2.45, 2.75) is 57.4 Å². The number of halogens is 1. The lowest BCUT2D eigenvalue weighted by Crippen LogP contribution is -2.40. The first-order valence-electron chi connectivity index (χ1n) is 9.82. The van der Waals surface area contributed by atoms with Crippen molar-refractivity contribution < 1.29 is 13.2 Å². The predicted octanol–water partition coefficient (Wildman–Crippen LogP) is 3.27. The molecule has 6 nitrogen and oxygen atoms in total. The van der Waals surface area contributed by atoms with Crippen molar-refractivity contribution in [1.29, 1.82) is 0 Å². The lowest BCUT2D eigenvalue weighted by atomic mass is 9.99. The normalized spacial score (nSPS) is 16.9. The van der Waals surface area contributed by atoms with Gasteiger partial charge in [-0.25, -0.2) is 13.1 Å². The lowest BCUT2D eigenvalue weighted by molar-refractivity contribution is 0.0950. The van der Waals surface area contributed by atoms with E-state index in [9.17, 15) is 13.2 Å². The van der Waals surface area contributed by atoms with Crippen molar-refractivity contribution in [2.24, 2.45) is 5.92 Å². The highest BCUT2D eigenvalue weighted by atomic mass is 35.5. The van der Waals surface area contributed by atoms with Gasteiger partial charge in [0, 0.05) is 17.6 Å². The Labute approximate surface area is 174 Å². The minimum Gasteiger partial charge on any atom is -0.352 e. The summed E-state index contributed by atoms with van der Waals surface area (Å²) in [6, 6.07) is 4.32. The van der Waals surface area contributed by atoms with Gasteiger partial charge in [-0.1, -0.05) is 18.5 Å². The Bertz CT molecular complexity index is 782. The summed E-state index contributed by atoms with van der Waals surface area (Å²) in [5.74, 6) is 0.509. The second-order valence-corrected chi connectivity index (χ2v) is 10.7. The summed E-state index contributed by atoms with van der Waals surface area (Å²) in [6.07, 6.45) is 3.33. The van der Waals surface area contributed by atoms with E-state index in [0.717, 1.165) is 32.0 Å². The Kier molecular flexibility index (Phi) is 7.90. The zero-order valence-corrected chi connectivity index (χ0v) is 18.8. The Hall–Kier alpha value is -1.15. The number of amides is 1. The molecule has 1 aliphatic rings. The molecule has 1 aromatic carbocycles. The van der Waals surface area contributed by atoms with E-state index in [0.29, 0.717) is 6.54 Å². The van der Waals surface area contributed by atoms with Gasteiger partial charge in [0.25, 0.3) is 5.91 Å². The number of piperidine rings is 1. The number of benzene rings is 1. The average Bonchev–Trinajstić information content (AvgIpc) is 2.58. The van der Waals surface area contributed by atoms with Crippen LogP contribution >= 0.6 is 11.6 Å². The molecule has 0 atom stereocenters. The minimum atomic E-state index is -3.82. The number of rotatable bonds is 7. The van der Waals surface area contributed by atoms with Crippen molar-refractivity contribution in [1.82, 2.24) is 14.9 Å². The first-order chi connectivity index (χ1) is 13.0. The van der Waals surface area contributed by atoms with Crippen LogP contribution in [0, 0.1) is 5.92 Å². The van der Waals surface area contributed by atoms with E-state index in [4.69, 9.17) is 11.6 Å². The summed E-state index contributed by atoms with van der Waals surface area (Å²) in [5, 5.41) is 2.96. The second kappa shape index (κ2) is 9.57. The number of hydrogen-bond donors (Lipinski definition) is 2. The third kappa shape index (κ3) is 7.03. The van der Waals surface area contributed by atoms with Crippen LogP contribution in [0.2, 0.25) is 5.02 Å². The molecule has 1 saturated heterocycles. The minimum absolute atomic E-state index is 0.0841. The maximum absolute atomic E-state index is 12.6. The Morgan fingerprint density at radius 1 is 1.25 bits per heavy atom. The van der Waals surface area contributed by atoms with Crippen LogP contribution in [0.25, 0.3) is 0 Å². The van der Waals surface area contributed by atoms with Crippen LogP contribution in [0.4, 0.5) is 0 Å². The monoisotopic (exact) mass is 429 g/mol. The number of hydrogen-bond acceptors (Lipinski definition) is 4. The largest absolute Gasteiger partial charge is 0.352 e. The number of likely N-dealkylation sites (tertiary alicyclic amines) is 1. The van der Waals surface area contributed by atoms with Gasteiger partial charge < -0.3 is 10.2 Å². The molecule has 2 N–H and O–H groups in total. The number of nitrogens with one attached hydrogen (secondary N) is 2. The second-order valence-electron chi connectivity index (χ2n) is 8.63. The fourth-order valence-corrected chi connectivity index (χ4v) is 5.15. The fraction of sp³-hybridized carbons (Fsp3) is 0.650. The molecule has 1 fully saturated rings. The van der Waals surface area contributed by atoms with E-state index in [2.05, 4.69) is 21.9 Å². The molecular weight excluding hydrogens is 398 g/mol. The molecule has 1 aliphatic heterocycles. The van der Waals surface area contributed by atoms with Crippen LogP contribution in [0.1, 0.15) is 57.3 Å². The lowest BCUT2D eigenvalue weighted by Gasteiger charge is -2.30. The fourth-order valence-electron chi connectivity index (χ4n) is 3.20. The number of carbonyl (C=O) groups is 1. The van der Waals surface area contributed by atoms with Gasteiger partial charge in [-0.3, -0.25) is 4.79 Å². The molecule has 0 saturated carbocycles. The van der Waals surface area contributed by atoms with Gasteiger partial charge in [-0.2, -0.15) is 0 Å². The molecule has 8 heteroatoms. The quantitative estimate of drug-likeness (QED) is 0.652. The molecule has 0 aliphatic carbocycles. The maximum Gasteiger partial charge on any atom is 0.251 e. The van der Waals surface area contributed by atoms with Crippen LogP contribution in [0.5, 0.6) is 0 Å². The first kappa shape index (κ1) is 23.1. The molecular formula is C20H32ClN3O3S. The highest BCUT2D eigenvalue weighted by Gasteiger charge is 2.25. The van der Waals surface area contributed by atoms with E-state index >= 15 is 0 Å². The summed E-state index contributed by atoms with van der Waals surface area (Å²) in [4.78, 5) is 14.8. The van der Waals surface area contributed by atoms with E-state index in [-0.39, 0.29) is 21.4 Å². The highest BCUT2D eigenvalue weighted by Crippen LogP contribution is 2.24. The van der Waals surface area contributed by atoms with Gasteiger partial charge in [0.15, 0.2) is 0 Å². The topological polar surface area (TPSA) is 78.5 Å². The van der Waals surface area contributed by atoms with Crippen molar-refractivity contribution in [3.05, 3.63) is 28.8 Å². The van der Waals surface area contributed by atoms with Gasteiger partial charge in [0.05, 0.1) is 5.02 Å². The number of sulfonamides is 1. The van der Waals surface area contributed by atoms with Gasteiger partial charge in [-0.05, 0) is 83.8 Å². The molecule has 0 radical (unpaired) electrons. The van der Waals surface area contributed by atoms with Gasteiger partial charge in [0.2, 0.25) is 10.0 Å². The van der Waals surface area contributed by atoms with E-state index < -0.39 is 15.6 Å². The molecule has 28 heavy (non-hydrogen) atoms. The summed E-state index contributed by atoms with van der Waals surface area (Å²) in [7, 11) is -3.82. The maximum atomic E-state index is 12.6. The Morgan fingerprint density at radius 3 is 2.50 bits per heavy atom. The summed E-state index contributed by atoms with van der Waals surface area (Å²) in [5.41, 5.74) is -0.363. The number of carbonyl (C=O) groups excluding carboxylic acids is 1. The molecule has 0 spiro atoms. The van der Waals surface area contributed by atoms with Gasteiger partial charge in [0.1, 0.15) is 4.90 Å². The zero-order chi connectivity index (χ0) is 20.9. The van der Waals surface area contributed by atoms with E-state index in [1.165, 1.54) is 25.0 Å². The van der Waals surface area contributed by atoms with Crippen LogP contribution in [-0.4, -0.2) is 50.9 Å². The number of nitrogens with zero attached hydrogens (tertiary/aromatic N) is 1. The van der Waals surface area contributed by atoms with Crippen LogP contribution < -0.4 is 10.0 Å². The van der Waals surface area contributed by atoms with Gasteiger partial charge in [-0.15, -0.1) is 0 Å². The van der Waals surface area contributed by atoms with Crippen LogP contribution in [-0.2, 0) is 10.0 Å². The standard InChI is InChI=1S/C20H32ClN3O3S/c1-15-8-12-24(13-9-15)11-5-10-22-19(25)16-6-7-17(21)18(14-16)28(26,27)23-20(2,3)4/h6-7,14-15,23H,5,8-13H2,1-4H3,(H,22,25). The molecule has 2 rings (SSSR count). The predicted molar refractivity (Wildman–Crippen MR) is 113 cm³/mol. The summed E-state index contributed by atoms with van der Waals surface area (Å²) < 4.78 is 27.7. The Balaban J connectivity index is 1.93. The molecule has 0 unspecified atom stereocenters. The third-order valence-electron chi connectivity index (χ3n) is 4.74.